The van der Waals surface area contributed by atoms with Crippen molar-refractivity contribution in [2.24, 2.45) is 0 Å². The van der Waals surface area contributed by atoms with Crippen LogP contribution in [0.5, 0.6) is 0 Å². The molecule has 0 saturated carbocycles. The standard InChI is InChI=1S/C56H39NO/c1-56(52-24-10-8-20-48(52)49-21-9-11-25-53(49)56)43-30-35-50-51-23-13-22-47(55(51)58-54(50)37-43)41-28-33-45(34-29-41)57(44-31-26-40(27-32-44)38-14-4-2-5-15-38)46-19-12-18-42(36-46)39-16-6-3-7-17-39/h2-37H,1H3. The highest BCUT2D eigenvalue weighted by Gasteiger charge is 2.40. The lowest BCUT2D eigenvalue weighted by Gasteiger charge is -2.28. The molecule has 9 aromatic carbocycles. The number of nitrogens with zero attached hydrogens (tertiary/aromatic N) is 1. The van der Waals surface area contributed by atoms with Gasteiger partial charge in [-0.25, -0.2) is 0 Å². The number of anilines is 3. The highest BCUT2D eigenvalue weighted by atomic mass is 16.3. The second-order valence-electron chi connectivity index (χ2n) is 15.4. The fourth-order valence-corrected chi connectivity index (χ4v) is 9.23. The first-order chi connectivity index (χ1) is 28.6. The van der Waals surface area contributed by atoms with E-state index in [0.29, 0.717) is 0 Å². The van der Waals surface area contributed by atoms with Crippen LogP contribution in [-0.2, 0) is 5.41 Å². The minimum absolute atomic E-state index is 0.284. The van der Waals surface area contributed by atoms with Crippen LogP contribution in [0.25, 0.3) is 66.4 Å². The summed E-state index contributed by atoms with van der Waals surface area (Å²) < 4.78 is 6.87. The maximum atomic E-state index is 6.87. The van der Waals surface area contributed by atoms with Gasteiger partial charge in [-0.2, -0.15) is 0 Å². The average Bonchev–Trinajstić information content (AvgIpc) is 3.81. The summed E-state index contributed by atoms with van der Waals surface area (Å²) in [6, 6.07) is 78.7. The zero-order valence-electron chi connectivity index (χ0n) is 32.1. The van der Waals surface area contributed by atoms with Gasteiger partial charge < -0.3 is 9.32 Å². The van der Waals surface area contributed by atoms with Gasteiger partial charge in [-0.3, -0.25) is 0 Å². The molecule has 1 aliphatic rings. The van der Waals surface area contributed by atoms with Gasteiger partial charge in [-0.1, -0.05) is 176 Å². The molecule has 1 heterocycles. The smallest absolute Gasteiger partial charge is 0.143 e. The Bertz CT molecular complexity index is 3060. The zero-order valence-corrected chi connectivity index (χ0v) is 32.1. The molecule has 0 spiro atoms. The van der Waals surface area contributed by atoms with E-state index in [1.165, 1.54) is 50.1 Å². The second kappa shape index (κ2) is 13.7. The number of para-hydroxylation sites is 1. The largest absolute Gasteiger partial charge is 0.455 e. The van der Waals surface area contributed by atoms with Crippen LogP contribution in [0.1, 0.15) is 23.6 Å². The van der Waals surface area contributed by atoms with Crippen LogP contribution in [0.4, 0.5) is 17.1 Å². The fraction of sp³-hybridized carbons (Fsp3) is 0.0357. The summed E-state index contributed by atoms with van der Waals surface area (Å²) in [6.45, 7) is 2.35. The third-order valence-corrected chi connectivity index (χ3v) is 12.2. The molecular formula is C56H39NO. The van der Waals surface area contributed by atoms with Crippen molar-refractivity contribution in [2.75, 3.05) is 4.90 Å². The number of fused-ring (bicyclic) bond motifs is 6. The normalized spacial score (nSPS) is 12.7. The van der Waals surface area contributed by atoms with E-state index in [0.717, 1.165) is 50.1 Å². The van der Waals surface area contributed by atoms with Crippen LogP contribution in [0.3, 0.4) is 0 Å². The van der Waals surface area contributed by atoms with Crippen molar-refractivity contribution in [3.63, 3.8) is 0 Å². The molecule has 2 heteroatoms. The predicted octanol–water partition coefficient (Wildman–Crippen LogP) is 15.4. The Kier molecular flexibility index (Phi) is 7.97. The van der Waals surface area contributed by atoms with Gasteiger partial charge in [-0.05, 0) is 105 Å². The number of hydrogen-bond acceptors (Lipinski definition) is 2. The van der Waals surface area contributed by atoms with E-state index in [1.54, 1.807) is 0 Å². The van der Waals surface area contributed by atoms with E-state index in [4.69, 9.17) is 4.42 Å². The highest BCUT2D eigenvalue weighted by Crippen LogP contribution is 2.53. The molecule has 0 saturated heterocycles. The lowest BCUT2D eigenvalue weighted by atomic mass is 9.74. The highest BCUT2D eigenvalue weighted by molar-refractivity contribution is 6.10. The summed E-state index contributed by atoms with van der Waals surface area (Å²) >= 11 is 0. The molecule has 11 rings (SSSR count). The Morgan fingerprint density at radius 2 is 0.879 bits per heavy atom. The molecule has 10 aromatic rings. The second-order valence-corrected chi connectivity index (χ2v) is 15.4. The first-order valence-electron chi connectivity index (χ1n) is 20.0. The van der Waals surface area contributed by atoms with Gasteiger partial charge >= 0.3 is 0 Å². The predicted molar refractivity (Wildman–Crippen MR) is 242 cm³/mol. The summed E-state index contributed by atoms with van der Waals surface area (Å²) in [5, 5.41) is 2.25. The average molecular weight is 742 g/mol. The zero-order chi connectivity index (χ0) is 38.6. The van der Waals surface area contributed by atoms with Crippen molar-refractivity contribution >= 4 is 39.0 Å². The lowest BCUT2D eigenvalue weighted by molar-refractivity contribution is 0.663. The maximum absolute atomic E-state index is 6.87. The molecule has 0 bridgehead atoms. The van der Waals surface area contributed by atoms with Gasteiger partial charge in [-0.15, -0.1) is 0 Å². The SMILES string of the molecule is CC1(c2ccc3c(c2)oc2c(-c4ccc(N(c5ccc(-c6ccccc6)cc5)c5cccc(-c6ccccc6)c5)cc4)cccc23)c2ccccc2-c2ccccc21. The van der Waals surface area contributed by atoms with E-state index >= 15 is 0 Å². The first kappa shape index (κ1) is 33.9. The van der Waals surface area contributed by atoms with Crippen molar-refractivity contribution in [3.8, 4) is 44.5 Å². The monoisotopic (exact) mass is 741 g/mol. The summed E-state index contributed by atoms with van der Waals surface area (Å²) in [6.07, 6.45) is 0. The Labute approximate surface area is 338 Å². The molecule has 58 heavy (non-hydrogen) atoms. The topological polar surface area (TPSA) is 16.4 Å². The van der Waals surface area contributed by atoms with Crippen LogP contribution in [0.2, 0.25) is 0 Å². The van der Waals surface area contributed by atoms with E-state index in [1.807, 2.05) is 0 Å². The van der Waals surface area contributed by atoms with Gasteiger partial charge in [0, 0.05) is 38.8 Å². The lowest BCUT2D eigenvalue weighted by Crippen LogP contribution is -2.22. The molecule has 0 amide bonds. The van der Waals surface area contributed by atoms with Crippen molar-refractivity contribution in [1.82, 2.24) is 0 Å². The minimum atomic E-state index is -0.284. The molecule has 274 valence electrons. The molecule has 0 N–H and O–H groups in total. The molecule has 0 atom stereocenters. The number of benzene rings is 9. The molecule has 0 unspecified atom stereocenters. The Morgan fingerprint density at radius 3 is 1.53 bits per heavy atom. The summed E-state index contributed by atoms with van der Waals surface area (Å²) in [7, 11) is 0. The van der Waals surface area contributed by atoms with E-state index in [2.05, 4.69) is 230 Å². The number of rotatable bonds is 7. The van der Waals surface area contributed by atoms with Crippen molar-refractivity contribution in [2.45, 2.75) is 12.3 Å². The molecule has 1 aromatic heterocycles. The van der Waals surface area contributed by atoms with Crippen LogP contribution in [0, 0.1) is 0 Å². The van der Waals surface area contributed by atoms with E-state index in [-0.39, 0.29) is 5.41 Å². The third kappa shape index (κ3) is 5.49. The Balaban J connectivity index is 0.986. The minimum Gasteiger partial charge on any atom is -0.455 e. The first-order valence-corrected chi connectivity index (χ1v) is 20.0. The summed E-state index contributed by atoms with van der Waals surface area (Å²) in [4.78, 5) is 2.34. The molecule has 2 nitrogen and oxygen atoms in total. The van der Waals surface area contributed by atoms with E-state index in [9.17, 15) is 0 Å². The van der Waals surface area contributed by atoms with Crippen LogP contribution < -0.4 is 4.90 Å². The van der Waals surface area contributed by atoms with Crippen LogP contribution in [-0.4, -0.2) is 0 Å². The molecule has 1 aliphatic carbocycles. The van der Waals surface area contributed by atoms with Crippen molar-refractivity contribution < 1.29 is 4.42 Å². The molecule has 0 fully saturated rings. The van der Waals surface area contributed by atoms with Gasteiger partial charge in [0.1, 0.15) is 11.2 Å². The number of hydrogen-bond donors (Lipinski definition) is 0. The van der Waals surface area contributed by atoms with Crippen molar-refractivity contribution in [3.05, 3.63) is 235 Å². The Morgan fingerprint density at radius 1 is 0.362 bits per heavy atom. The van der Waals surface area contributed by atoms with Gasteiger partial charge in [0.2, 0.25) is 0 Å². The van der Waals surface area contributed by atoms with Gasteiger partial charge in [0.25, 0.3) is 0 Å². The van der Waals surface area contributed by atoms with Crippen LogP contribution in [0.15, 0.2) is 223 Å². The summed E-state index contributed by atoms with van der Waals surface area (Å²) in [5.74, 6) is 0. The van der Waals surface area contributed by atoms with Crippen molar-refractivity contribution in [1.29, 1.82) is 0 Å². The quantitative estimate of drug-likeness (QED) is 0.162. The third-order valence-electron chi connectivity index (χ3n) is 12.2. The van der Waals surface area contributed by atoms with Gasteiger partial charge in [0.05, 0.1) is 0 Å². The molecule has 0 radical (unpaired) electrons. The Hall–Kier alpha value is -7.42. The van der Waals surface area contributed by atoms with Crippen LogP contribution >= 0.6 is 0 Å². The molecular weight excluding hydrogens is 703 g/mol. The number of furan rings is 1. The summed E-state index contributed by atoms with van der Waals surface area (Å²) in [5.41, 5.74) is 18.3. The maximum Gasteiger partial charge on any atom is 0.143 e. The fourth-order valence-electron chi connectivity index (χ4n) is 9.23. The van der Waals surface area contributed by atoms with E-state index < -0.39 is 0 Å². The molecule has 0 aliphatic heterocycles. The van der Waals surface area contributed by atoms with Gasteiger partial charge in [0.15, 0.2) is 0 Å².